The maximum Gasteiger partial charge on any atom is 0.338 e. The SMILES string of the molecule is CCCCCCCCOC(=O)c1ccc2ccn(C(C)=O)c2c1. The molecular weight excluding hydrogens is 290 g/mol. The fraction of sp³-hybridized carbons (Fsp3) is 0.474. The van der Waals surface area contributed by atoms with E-state index in [1.165, 1.54) is 32.6 Å². The molecule has 0 N–H and O–H groups in total. The van der Waals surface area contributed by atoms with Gasteiger partial charge >= 0.3 is 5.97 Å². The molecule has 2 aromatic rings. The molecule has 0 amide bonds. The van der Waals surface area contributed by atoms with E-state index in [1.54, 1.807) is 22.9 Å². The minimum atomic E-state index is -0.322. The number of hydrogen-bond acceptors (Lipinski definition) is 3. The van der Waals surface area contributed by atoms with Crippen LogP contribution in [0.5, 0.6) is 0 Å². The van der Waals surface area contributed by atoms with Crippen LogP contribution < -0.4 is 0 Å². The summed E-state index contributed by atoms with van der Waals surface area (Å²) in [6.45, 7) is 4.15. The molecule has 23 heavy (non-hydrogen) atoms. The molecule has 0 spiro atoms. The van der Waals surface area contributed by atoms with Crippen molar-refractivity contribution in [1.82, 2.24) is 4.57 Å². The van der Waals surface area contributed by atoms with Gasteiger partial charge in [0, 0.05) is 18.5 Å². The van der Waals surface area contributed by atoms with Gasteiger partial charge < -0.3 is 4.74 Å². The summed E-state index contributed by atoms with van der Waals surface area (Å²) in [6.07, 6.45) is 8.68. The number of carbonyl (C=O) groups is 2. The predicted molar refractivity (Wildman–Crippen MR) is 91.9 cm³/mol. The van der Waals surface area contributed by atoms with Crippen LogP contribution in [0.2, 0.25) is 0 Å². The van der Waals surface area contributed by atoms with Gasteiger partial charge in [-0.15, -0.1) is 0 Å². The lowest BCUT2D eigenvalue weighted by Gasteiger charge is -2.06. The van der Waals surface area contributed by atoms with E-state index in [1.807, 2.05) is 12.1 Å². The second kappa shape index (κ2) is 8.51. The largest absolute Gasteiger partial charge is 0.462 e. The average molecular weight is 315 g/mol. The Morgan fingerprint density at radius 3 is 2.52 bits per heavy atom. The lowest BCUT2D eigenvalue weighted by Crippen LogP contribution is -2.08. The molecule has 0 saturated carbocycles. The Hall–Kier alpha value is -2.10. The number of unbranched alkanes of at least 4 members (excludes halogenated alkanes) is 5. The molecular formula is C19H25NO3. The van der Waals surface area contributed by atoms with Crippen LogP contribution in [0, 0.1) is 0 Å². The van der Waals surface area contributed by atoms with Crippen LogP contribution >= 0.6 is 0 Å². The molecule has 0 bridgehead atoms. The molecule has 0 aliphatic rings. The summed E-state index contributed by atoms with van der Waals surface area (Å²) >= 11 is 0. The lowest BCUT2D eigenvalue weighted by atomic mass is 10.1. The van der Waals surface area contributed by atoms with Crippen LogP contribution in [0.4, 0.5) is 0 Å². The smallest absolute Gasteiger partial charge is 0.338 e. The van der Waals surface area contributed by atoms with E-state index in [9.17, 15) is 9.59 Å². The average Bonchev–Trinajstić information content (AvgIpc) is 2.97. The summed E-state index contributed by atoms with van der Waals surface area (Å²) in [7, 11) is 0. The first-order chi connectivity index (χ1) is 11.1. The van der Waals surface area contributed by atoms with E-state index in [4.69, 9.17) is 4.74 Å². The Morgan fingerprint density at radius 2 is 1.78 bits per heavy atom. The molecule has 0 atom stereocenters. The molecule has 124 valence electrons. The Morgan fingerprint density at radius 1 is 1.04 bits per heavy atom. The van der Waals surface area contributed by atoms with Crippen molar-refractivity contribution in [2.75, 3.05) is 6.61 Å². The number of fused-ring (bicyclic) bond motifs is 1. The molecule has 0 aliphatic heterocycles. The van der Waals surface area contributed by atoms with Crippen molar-refractivity contribution in [2.24, 2.45) is 0 Å². The van der Waals surface area contributed by atoms with Crippen molar-refractivity contribution >= 4 is 22.8 Å². The summed E-state index contributed by atoms with van der Waals surface area (Å²) in [5.41, 5.74) is 1.23. The molecule has 0 radical (unpaired) electrons. The molecule has 1 aromatic heterocycles. The third kappa shape index (κ3) is 4.68. The summed E-state index contributed by atoms with van der Waals surface area (Å²) in [4.78, 5) is 23.7. The van der Waals surface area contributed by atoms with Crippen LogP contribution in [0.1, 0.15) is 67.5 Å². The van der Waals surface area contributed by atoms with E-state index in [2.05, 4.69) is 6.92 Å². The van der Waals surface area contributed by atoms with Gasteiger partial charge in [0.25, 0.3) is 0 Å². The Labute approximate surface area is 137 Å². The molecule has 0 unspecified atom stereocenters. The monoisotopic (exact) mass is 315 g/mol. The molecule has 1 heterocycles. The van der Waals surface area contributed by atoms with Gasteiger partial charge in [0.05, 0.1) is 17.7 Å². The standard InChI is InChI=1S/C19H25NO3/c1-3-4-5-6-7-8-13-23-19(22)17-10-9-16-11-12-20(15(2)21)18(16)14-17/h9-12,14H,3-8,13H2,1-2H3. The van der Waals surface area contributed by atoms with E-state index < -0.39 is 0 Å². The van der Waals surface area contributed by atoms with Gasteiger partial charge in [-0.05, 0) is 24.6 Å². The highest BCUT2D eigenvalue weighted by Gasteiger charge is 2.11. The summed E-state index contributed by atoms with van der Waals surface area (Å²) < 4.78 is 6.87. The zero-order valence-electron chi connectivity index (χ0n) is 14.0. The zero-order chi connectivity index (χ0) is 16.7. The van der Waals surface area contributed by atoms with Crippen LogP contribution in [0.25, 0.3) is 10.9 Å². The van der Waals surface area contributed by atoms with Gasteiger partial charge in [-0.3, -0.25) is 9.36 Å². The van der Waals surface area contributed by atoms with E-state index in [0.29, 0.717) is 12.2 Å². The molecule has 1 aromatic carbocycles. The number of rotatable bonds is 8. The minimum absolute atomic E-state index is 0.0717. The van der Waals surface area contributed by atoms with Crippen molar-refractivity contribution < 1.29 is 14.3 Å². The predicted octanol–water partition coefficient (Wildman–Crippen LogP) is 4.82. The van der Waals surface area contributed by atoms with Crippen molar-refractivity contribution in [3.63, 3.8) is 0 Å². The van der Waals surface area contributed by atoms with Crippen LogP contribution in [0.15, 0.2) is 30.5 Å². The molecule has 4 heteroatoms. The molecule has 0 saturated heterocycles. The van der Waals surface area contributed by atoms with Crippen molar-refractivity contribution in [3.8, 4) is 0 Å². The minimum Gasteiger partial charge on any atom is -0.462 e. The number of hydrogen-bond donors (Lipinski definition) is 0. The first kappa shape index (κ1) is 17.3. The maximum absolute atomic E-state index is 12.1. The number of benzene rings is 1. The number of nitrogens with zero attached hydrogens (tertiary/aromatic N) is 1. The topological polar surface area (TPSA) is 48.3 Å². The first-order valence-electron chi connectivity index (χ1n) is 8.42. The van der Waals surface area contributed by atoms with Crippen molar-refractivity contribution in [3.05, 3.63) is 36.0 Å². The summed E-state index contributed by atoms with van der Waals surface area (Å²) in [6, 6.07) is 7.18. The van der Waals surface area contributed by atoms with E-state index >= 15 is 0 Å². The quantitative estimate of drug-likeness (QED) is 0.518. The maximum atomic E-state index is 12.1. The summed E-state index contributed by atoms with van der Waals surface area (Å²) in [5, 5.41) is 0.938. The Balaban J connectivity index is 1.88. The number of esters is 1. The fourth-order valence-corrected chi connectivity index (χ4v) is 2.66. The van der Waals surface area contributed by atoms with Crippen molar-refractivity contribution in [2.45, 2.75) is 52.4 Å². The molecule has 2 rings (SSSR count). The highest BCUT2D eigenvalue weighted by Crippen LogP contribution is 2.18. The summed E-state index contributed by atoms with van der Waals surface area (Å²) in [5.74, 6) is -0.394. The Kier molecular flexibility index (Phi) is 6.39. The third-order valence-electron chi connectivity index (χ3n) is 4.00. The van der Waals surface area contributed by atoms with E-state index in [0.717, 1.165) is 23.7 Å². The molecule has 0 aliphatic carbocycles. The normalized spacial score (nSPS) is 10.9. The van der Waals surface area contributed by atoms with Gasteiger partial charge in [0.2, 0.25) is 5.91 Å². The highest BCUT2D eigenvalue weighted by molar-refractivity contribution is 5.97. The van der Waals surface area contributed by atoms with Gasteiger partial charge in [-0.1, -0.05) is 45.1 Å². The molecule has 0 fully saturated rings. The van der Waals surface area contributed by atoms with Crippen molar-refractivity contribution in [1.29, 1.82) is 0 Å². The van der Waals surface area contributed by atoms with Gasteiger partial charge in [0.15, 0.2) is 0 Å². The van der Waals surface area contributed by atoms with Gasteiger partial charge in [0.1, 0.15) is 0 Å². The van der Waals surface area contributed by atoms with Gasteiger partial charge in [-0.2, -0.15) is 0 Å². The second-order valence-corrected chi connectivity index (χ2v) is 5.88. The second-order valence-electron chi connectivity index (χ2n) is 5.88. The van der Waals surface area contributed by atoms with Crippen LogP contribution in [-0.4, -0.2) is 23.1 Å². The number of aromatic nitrogens is 1. The van der Waals surface area contributed by atoms with Gasteiger partial charge in [-0.25, -0.2) is 4.79 Å². The fourth-order valence-electron chi connectivity index (χ4n) is 2.66. The third-order valence-corrected chi connectivity index (χ3v) is 4.00. The Bertz CT molecular complexity index is 672. The number of carbonyl (C=O) groups excluding carboxylic acids is 2. The zero-order valence-corrected chi connectivity index (χ0v) is 14.0. The van der Waals surface area contributed by atoms with Crippen LogP contribution in [0.3, 0.4) is 0 Å². The number of ether oxygens (including phenoxy) is 1. The first-order valence-corrected chi connectivity index (χ1v) is 8.42. The lowest BCUT2D eigenvalue weighted by molar-refractivity contribution is 0.0497. The van der Waals surface area contributed by atoms with Crippen LogP contribution in [-0.2, 0) is 4.74 Å². The van der Waals surface area contributed by atoms with E-state index in [-0.39, 0.29) is 11.9 Å². The molecule has 4 nitrogen and oxygen atoms in total. The highest BCUT2D eigenvalue weighted by atomic mass is 16.5.